The number of rotatable bonds is 7. The second-order valence-electron chi connectivity index (χ2n) is 8.09. The maximum absolute atomic E-state index is 11.4. The molecule has 1 saturated carbocycles. The molecule has 1 fully saturated rings. The molecule has 0 heterocycles. The van der Waals surface area contributed by atoms with Gasteiger partial charge in [-0.25, -0.2) is 0 Å². The summed E-state index contributed by atoms with van der Waals surface area (Å²) in [6.45, 7) is 6.74. The van der Waals surface area contributed by atoms with Crippen molar-refractivity contribution in [2.24, 2.45) is 0 Å². The number of nitro benzene ring substituents is 1. The van der Waals surface area contributed by atoms with Crippen LogP contribution in [0.25, 0.3) is 0 Å². The van der Waals surface area contributed by atoms with Crippen molar-refractivity contribution in [3.63, 3.8) is 0 Å². The van der Waals surface area contributed by atoms with Crippen molar-refractivity contribution in [1.82, 2.24) is 0 Å². The van der Waals surface area contributed by atoms with Crippen LogP contribution in [0.1, 0.15) is 64.4 Å². The normalized spacial score (nSPS) is 16.6. The Kier molecular flexibility index (Phi) is 8.80. The number of halogens is 1. The SMILES string of the molecule is CC(C)(C)[NH2+]CC(O)COc1ccc(C2CCCCC2)cc1[N+](=O)[O-].Cl. The van der Waals surface area contributed by atoms with E-state index in [0.717, 1.165) is 18.4 Å². The third-order valence-corrected chi connectivity index (χ3v) is 4.69. The topological polar surface area (TPSA) is 89.2 Å². The largest absolute Gasteiger partial charge is 0.484 e. The van der Waals surface area contributed by atoms with Crippen LogP contribution in [0.15, 0.2) is 18.2 Å². The van der Waals surface area contributed by atoms with E-state index in [4.69, 9.17) is 4.74 Å². The van der Waals surface area contributed by atoms with Gasteiger partial charge in [-0.2, -0.15) is 0 Å². The number of nitro groups is 1. The third kappa shape index (κ3) is 7.09. The van der Waals surface area contributed by atoms with Gasteiger partial charge in [0.1, 0.15) is 19.3 Å². The number of quaternary nitrogens is 1. The van der Waals surface area contributed by atoms with Crippen molar-refractivity contribution >= 4 is 18.1 Å². The highest BCUT2D eigenvalue weighted by Crippen LogP contribution is 2.37. The Morgan fingerprint density at radius 2 is 1.96 bits per heavy atom. The van der Waals surface area contributed by atoms with Crippen molar-refractivity contribution < 1.29 is 20.1 Å². The number of benzene rings is 1. The zero-order valence-electron chi connectivity index (χ0n) is 15.9. The molecule has 0 aliphatic heterocycles. The summed E-state index contributed by atoms with van der Waals surface area (Å²) in [5.74, 6) is 0.646. The molecule has 0 saturated heterocycles. The van der Waals surface area contributed by atoms with Crippen molar-refractivity contribution in [2.75, 3.05) is 13.2 Å². The summed E-state index contributed by atoms with van der Waals surface area (Å²) in [6.07, 6.45) is 5.15. The Bertz CT molecular complexity index is 583. The summed E-state index contributed by atoms with van der Waals surface area (Å²) in [5, 5.41) is 23.5. The van der Waals surface area contributed by atoms with Gasteiger partial charge >= 0.3 is 5.69 Å². The molecule has 0 radical (unpaired) electrons. The van der Waals surface area contributed by atoms with E-state index in [0.29, 0.717) is 12.5 Å². The summed E-state index contributed by atoms with van der Waals surface area (Å²) < 4.78 is 5.56. The van der Waals surface area contributed by atoms with Crippen LogP contribution in [0.4, 0.5) is 5.69 Å². The van der Waals surface area contributed by atoms with Crippen molar-refractivity contribution in [2.45, 2.75) is 70.4 Å². The second-order valence-corrected chi connectivity index (χ2v) is 8.09. The number of nitrogens with two attached hydrogens (primary N) is 1. The molecule has 1 aromatic carbocycles. The molecule has 1 aromatic rings. The molecule has 6 nitrogen and oxygen atoms in total. The van der Waals surface area contributed by atoms with E-state index in [-0.39, 0.29) is 36.0 Å². The Morgan fingerprint density at radius 3 is 2.54 bits per heavy atom. The van der Waals surface area contributed by atoms with Gasteiger partial charge in [0.2, 0.25) is 0 Å². The molecule has 1 aliphatic carbocycles. The van der Waals surface area contributed by atoms with Crippen LogP contribution < -0.4 is 10.1 Å². The molecule has 1 unspecified atom stereocenters. The number of nitrogens with zero attached hydrogens (tertiary/aromatic N) is 1. The number of hydrogen-bond donors (Lipinski definition) is 2. The molecule has 0 amide bonds. The average molecular weight is 388 g/mol. The maximum Gasteiger partial charge on any atom is 0.311 e. The van der Waals surface area contributed by atoms with E-state index in [9.17, 15) is 15.2 Å². The van der Waals surface area contributed by atoms with E-state index < -0.39 is 11.0 Å². The highest BCUT2D eigenvalue weighted by molar-refractivity contribution is 5.85. The highest BCUT2D eigenvalue weighted by Gasteiger charge is 2.23. The number of aliphatic hydroxyl groups is 1. The van der Waals surface area contributed by atoms with Crippen LogP contribution in [-0.4, -0.2) is 34.8 Å². The van der Waals surface area contributed by atoms with Crippen LogP contribution in [0.2, 0.25) is 0 Å². The van der Waals surface area contributed by atoms with Gasteiger partial charge in [-0.3, -0.25) is 10.1 Å². The molecule has 0 spiro atoms. The van der Waals surface area contributed by atoms with Crippen LogP contribution in [0, 0.1) is 10.1 Å². The van der Waals surface area contributed by atoms with E-state index >= 15 is 0 Å². The van der Waals surface area contributed by atoms with Gasteiger partial charge in [-0.1, -0.05) is 25.3 Å². The van der Waals surface area contributed by atoms with Crippen molar-refractivity contribution in [1.29, 1.82) is 0 Å². The van der Waals surface area contributed by atoms with Gasteiger partial charge in [0.15, 0.2) is 5.75 Å². The fraction of sp³-hybridized carbons (Fsp3) is 0.684. The molecule has 0 bridgehead atoms. The van der Waals surface area contributed by atoms with Crippen LogP contribution in [0.3, 0.4) is 0 Å². The van der Waals surface area contributed by atoms with Gasteiger partial charge in [-0.05, 0) is 51.2 Å². The minimum Gasteiger partial charge on any atom is -0.484 e. The summed E-state index contributed by atoms with van der Waals surface area (Å²) in [5.41, 5.74) is 1.05. The minimum absolute atomic E-state index is 0. The first-order chi connectivity index (χ1) is 11.8. The molecule has 7 heteroatoms. The zero-order chi connectivity index (χ0) is 18.4. The lowest BCUT2D eigenvalue weighted by atomic mass is 9.84. The average Bonchev–Trinajstić information content (AvgIpc) is 2.58. The lowest BCUT2D eigenvalue weighted by Gasteiger charge is -2.22. The molecule has 26 heavy (non-hydrogen) atoms. The van der Waals surface area contributed by atoms with E-state index in [2.05, 4.69) is 20.8 Å². The Labute approximate surface area is 161 Å². The lowest BCUT2D eigenvalue weighted by Crippen LogP contribution is -2.96. The number of aliphatic hydroxyl groups excluding tert-OH is 1. The van der Waals surface area contributed by atoms with Gasteiger partial charge in [0.25, 0.3) is 0 Å². The highest BCUT2D eigenvalue weighted by atomic mass is 35.5. The second kappa shape index (κ2) is 10.1. The van der Waals surface area contributed by atoms with Gasteiger partial charge in [0.05, 0.1) is 10.5 Å². The van der Waals surface area contributed by atoms with Crippen LogP contribution >= 0.6 is 12.4 Å². The maximum atomic E-state index is 11.4. The third-order valence-electron chi connectivity index (χ3n) is 4.69. The van der Waals surface area contributed by atoms with Crippen LogP contribution in [0.5, 0.6) is 5.75 Å². The summed E-state index contributed by atoms with van der Waals surface area (Å²) >= 11 is 0. The molecule has 3 N–H and O–H groups in total. The smallest absolute Gasteiger partial charge is 0.311 e. The minimum atomic E-state index is -0.670. The summed E-state index contributed by atoms with van der Waals surface area (Å²) in [7, 11) is 0. The predicted octanol–water partition coefficient (Wildman–Crippen LogP) is 3.17. The Hall–Kier alpha value is -1.37. The Balaban J connectivity index is 0.00000338. The molecular weight excluding hydrogens is 356 g/mol. The van der Waals surface area contributed by atoms with Crippen LogP contribution in [-0.2, 0) is 0 Å². The fourth-order valence-electron chi connectivity index (χ4n) is 3.23. The fourth-order valence-corrected chi connectivity index (χ4v) is 3.23. The number of hydrogen-bond acceptors (Lipinski definition) is 4. The zero-order valence-corrected chi connectivity index (χ0v) is 16.8. The van der Waals surface area contributed by atoms with Crippen molar-refractivity contribution in [3.8, 4) is 5.75 Å². The number of ether oxygens (including phenoxy) is 1. The van der Waals surface area contributed by atoms with Crippen molar-refractivity contribution in [3.05, 3.63) is 33.9 Å². The standard InChI is InChI=1S/C19H30N2O4.ClH/c1-19(2,3)20-12-16(22)13-25-18-10-9-15(11-17(18)21(23)24)14-7-5-4-6-8-14;/h9-11,14,16,20,22H,4-8,12-13H2,1-3H3;1H/p+1. The first kappa shape index (κ1) is 22.7. The lowest BCUT2D eigenvalue weighted by molar-refractivity contribution is -0.722. The monoisotopic (exact) mass is 387 g/mol. The molecule has 0 aromatic heterocycles. The Morgan fingerprint density at radius 1 is 1.31 bits per heavy atom. The molecule has 2 rings (SSSR count). The van der Waals surface area contributed by atoms with E-state index in [1.807, 2.05) is 11.4 Å². The first-order valence-electron chi connectivity index (χ1n) is 9.20. The molecule has 148 valence electrons. The van der Waals surface area contributed by atoms with E-state index in [1.54, 1.807) is 12.1 Å². The summed E-state index contributed by atoms with van der Waals surface area (Å²) in [4.78, 5) is 11.0. The predicted molar refractivity (Wildman–Crippen MR) is 104 cm³/mol. The van der Waals surface area contributed by atoms with Gasteiger partial charge in [-0.15, -0.1) is 12.4 Å². The first-order valence-corrected chi connectivity index (χ1v) is 9.20. The quantitative estimate of drug-likeness (QED) is 0.555. The molecular formula is C19H32ClN2O4+. The van der Waals surface area contributed by atoms with Gasteiger partial charge < -0.3 is 15.2 Å². The van der Waals surface area contributed by atoms with E-state index in [1.165, 1.54) is 19.3 Å². The molecule has 1 aliphatic rings. The summed E-state index contributed by atoms with van der Waals surface area (Å²) in [6, 6.07) is 5.27. The molecule has 1 atom stereocenters. The van der Waals surface area contributed by atoms with Gasteiger partial charge in [0, 0.05) is 6.07 Å².